The van der Waals surface area contributed by atoms with Gasteiger partial charge in [0.05, 0.1) is 34.9 Å². The Balaban J connectivity index is 1.71. The van der Waals surface area contributed by atoms with Crippen LogP contribution < -0.4 is 0 Å². The quantitative estimate of drug-likeness (QED) is 0.656. The minimum absolute atomic E-state index is 0.120. The Bertz CT molecular complexity index is 1020. The zero-order valence-electron chi connectivity index (χ0n) is 15.4. The highest BCUT2D eigenvalue weighted by Gasteiger charge is 2.34. The predicted molar refractivity (Wildman–Crippen MR) is 102 cm³/mol. The van der Waals surface area contributed by atoms with E-state index in [2.05, 4.69) is 20.8 Å². The number of carbonyl (C=O) groups is 1. The van der Waals surface area contributed by atoms with Crippen LogP contribution in [0.5, 0.6) is 0 Å². The largest absolute Gasteiger partial charge is 0.328 e. The molecular formula is C20H20ClFN4O. The van der Waals surface area contributed by atoms with Crippen molar-refractivity contribution in [2.75, 3.05) is 0 Å². The third-order valence-electron chi connectivity index (χ3n) is 4.66. The van der Waals surface area contributed by atoms with Gasteiger partial charge in [-0.05, 0) is 51.1 Å². The highest BCUT2D eigenvalue weighted by atomic mass is 35.5. The SMILES string of the molecule is CC(C)(C)n1nc2c(c1-n1cccc1)CN(C(=O)c1ccc(F)cc1Cl)C2. The molecule has 0 spiro atoms. The Morgan fingerprint density at radius 2 is 1.89 bits per heavy atom. The van der Waals surface area contributed by atoms with Crippen molar-refractivity contribution in [2.24, 2.45) is 0 Å². The molecule has 140 valence electrons. The van der Waals surface area contributed by atoms with Gasteiger partial charge in [-0.25, -0.2) is 9.07 Å². The zero-order valence-corrected chi connectivity index (χ0v) is 16.2. The lowest BCUT2D eigenvalue weighted by Crippen LogP contribution is -2.29. The first kappa shape index (κ1) is 17.8. The maximum Gasteiger partial charge on any atom is 0.256 e. The van der Waals surface area contributed by atoms with Crippen LogP contribution in [-0.2, 0) is 18.6 Å². The lowest BCUT2D eigenvalue weighted by Gasteiger charge is -2.24. The molecule has 0 saturated carbocycles. The lowest BCUT2D eigenvalue weighted by atomic mass is 10.1. The van der Waals surface area contributed by atoms with Crippen molar-refractivity contribution in [3.05, 3.63) is 70.4 Å². The van der Waals surface area contributed by atoms with Gasteiger partial charge in [0.1, 0.15) is 11.6 Å². The van der Waals surface area contributed by atoms with Crippen LogP contribution >= 0.6 is 11.6 Å². The average Bonchev–Trinajstić information content (AvgIpc) is 3.28. The van der Waals surface area contributed by atoms with Gasteiger partial charge < -0.3 is 9.47 Å². The second-order valence-electron chi connectivity index (χ2n) is 7.71. The van der Waals surface area contributed by atoms with Gasteiger partial charge in [0, 0.05) is 18.0 Å². The maximum atomic E-state index is 13.3. The van der Waals surface area contributed by atoms with E-state index >= 15 is 0 Å². The summed E-state index contributed by atoms with van der Waals surface area (Å²) < 4.78 is 17.3. The van der Waals surface area contributed by atoms with Gasteiger partial charge in [0.2, 0.25) is 0 Å². The molecule has 3 aromatic rings. The Hall–Kier alpha value is -2.60. The second-order valence-corrected chi connectivity index (χ2v) is 8.11. The summed E-state index contributed by atoms with van der Waals surface area (Å²) >= 11 is 6.07. The van der Waals surface area contributed by atoms with Crippen LogP contribution in [0, 0.1) is 5.82 Å². The Morgan fingerprint density at radius 3 is 2.52 bits per heavy atom. The summed E-state index contributed by atoms with van der Waals surface area (Å²) in [6.45, 7) is 7.14. The van der Waals surface area contributed by atoms with E-state index in [4.69, 9.17) is 16.7 Å². The number of hydrogen-bond acceptors (Lipinski definition) is 2. The minimum atomic E-state index is -0.461. The molecule has 0 fully saturated rings. The fraction of sp³-hybridized carbons (Fsp3) is 0.300. The Labute approximate surface area is 162 Å². The molecule has 0 unspecified atom stereocenters. The third-order valence-corrected chi connectivity index (χ3v) is 4.98. The molecule has 3 heterocycles. The minimum Gasteiger partial charge on any atom is -0.328 e. The number of fused-ring (bicyclic) bond motifs is 1. The van der Waals surface area contributed by atoms with Crippen molar-refractivity contribution in [3.63, 3.8) is 0 Å². The van der Waals surface area contributed by atoms with Crippen molar-refractivity contribution in [1.82, 2.24) is 19.2 Å². The molecule has 0 bridgehead atoms. The molecule has 4 rings (SSSR count). The van der Waals surface area contributed by atoms with Crippen molar-refractivity contribution in [2.45, 2.75) is 39.4 Å². The predicted octanol–water partition coefficient (Wildman–Crippen LogP) is 4.38. The number of amides is 1. The van der Waals surface area contributed by atoms with Crippen LogP contribution in [0.2, 0.25) is 5.02 Å². The third kappa shape index (κ3) is 3.04. The van der Waals surface area contributed by atoms with Gasteiger partial charge in [-0.15, -0.1) is 0 Å². The molecule has 1 aliphatic rings. The molecule has 7 heteroatoms. The fourth-order valence-corrected chi connectivity index (χ4v) is 3.64. The summed E-state index contributed by atoms with van der Waals surface area (Å²) in [6.07, 6.45) is 3.95. The molecule has 0 atom stereocenters. The average molecular weight is 387 g/mol. The van der Waals surface area contributed by atoms with E-state index in [9.17, 15) is 9.18 Å². The van der Waals surface area contributed by atoms with Crippen LogP contribution in [0.15, 0.2) is 42.7 Å². The number of nitrogens with zero attached hydrogens (tertiary/aromatic N) is 4. The van der Waals surface area contributed by atoms with Gasteiger partial charge in [-0.3, -0.25) is 4.79 Å². The summed E-state index contributed by atoms with van der Waals surface area (Å²) in [4.78, 5) is 14.6. The first-order valence-corrected chi connectivity index (χ1v) is 9.12. The number of carbonyl (C=O) groups excluding carboxylic acids is 1. The smallest absolute Gasteiger partial charge is 0.256 e. The van der Waals surface area contributed by atoms with Crippen molar-refractivity contribution >= 4 is 17.5 Å². The summed E-state index contributed by atoms with van der Waals surface area (Å²) in [5.41, 5.74) is 2.00. The second kappa shape index (κ2) is 6.23. The van der Waals surface area contributed by atoms with E-state index in [1.807, 2.05) is 33.8 Å². The number of rotatable bonds is 2. The number of benzene rings is 1. The molecule has 5 nitrogen and oxygen atoms in total. The maximum absolute atomic E-state index is 13.3. The topological polar surface area (TPSA) is 43.1 Å². The molecular weight excluding hydrogens is 367 g/mol. The molecule has 0 saturated heterocycles. The zero-order chi connectivity index (χ0) is 19.3. The summed E-state index contributed by atoms with van der Waals surface area (Å²) in [5.74, 6) is 0.277. The van der Waals surface area contributed by atoms with Crippen LogP contribution in [0.1, 0.15) is 42.4 Å². The molecule has 2 aromatic heterocycles. The van der Waals surface area contributed by atoms with Gasteiger partial charge in [0.25, 0.3) is 5.91 Å². The van der Waals surface area contributed by atoms with E-state index in [0.29, 0.717) is 18.7 Å². The molecule has 27 heavy (non-hydrogen) atoms. The summed E-state index contributed by atoms with van der Waals surface area (Å²) in [5, 5.41) is 4.91. The Kier molecular flexibility index (Phi) is 4.11. The molecule has 1 aliphatic heterocycles. The molecule has 1 aromatic carbocycles. The van der Waals surface area contributed by atoms with Crippen molar-refractivity contribution in [1.29, 1.82) is 0 Å². The molecule has 0 radical (unpaired) electrons. The summed E-state index contributed by atoms with van der Waals surface area (Å²) in [7, 11) is 0. The summed E-state index contributed by atoms with van der Waals surface area (Å²) in [6, 6.07) is 7.76. The fourth-order valence-electron chi connectivity index (χ4n) is 3.39. The first-order valence-electron chi connectivity index (χ1n) is 8.74. The van der Waals surface area contributed by atoms with Crippen LogP contribution in [-0.4, -0.2) is 25.2 Å². The normalized spacial score (nSPS) is 13.9. The number of hydrogen-bond donors (Lipinski definition) is 0. The first-order chi connectivity index (χ1) is 12.8. The van der Waals surface area contributed by atoms with Gasteiger partial charge in [0.15, 0.2) is 0 Å². The standard InChI is InChI=1S/C20H20ClFN4O/c1-20(2,3)26-18(24-8-4-5-9-24)15-11-25(12-17(15)23-26)19(27)14-7-6-13(22)10-16(14)21/h4-10H,11-12H2,1-3H3. The molecule has 0 N–H and O–H groups in total. The van der Waals surface area contributed by atoms with Gasteiger partial charge in [-0.1, -0.05) is 11.6 Å². The van der Waals surface area contributed by atoms with Crippen molar-refractivity contribution in [3.8, 4) is 5.82 Å². The van der Waals surface area contributed by atoms with E-state index in [1.165, 1.54) is 12.1 Å². The highest BCUT2D eigenvalue weighted by molar-refractivity contribution is 6.33. The lowest BCUT2D eigenvalue weighted by molar-refractivity contribution is 0.0748. The number of aromatic nitrogens is 3. The molecule has 1 amide bonds. The van der Waals surface area contributed by atoms with E-state index in [-0.39, 0.29) is 16.5 Å². The Morgan fingerprint density at radius 1 is 1.19 bits per heavy atom. The van der Waals surface area contributed by atoms with Crippen LogP contribution in [0.25, 0.3) is 5.82 Å². The van der Waals surface area contributed by atoms with Crippen molar-refractivity contribution < 1.29 is 9.18 Å². The van der Waals surface area contributed by atoms with Gasteiger partial charge in [-0.2, -0.15) is 5.10 Å². The van der Waals surface area contributed by atoms with Crippen LogP contribution in [0.4, 0.5) is 4.39 Å². The number of halogens is 2. The van der Waals surface area contributed by atoms with E-state index in [0.717, 1.165) is 23.1 Å². The molecule has 0 aliphatic carbocycles. The van der Waals surface area contributed by atoms with E-state index < -0.39 is 5.82 Å². The van der Waals surface area contributed by atoms with E-state index in [1.54, 1.807) is 4.90 Å². The highest BCUT2D eigenvalue weighted by Crippen LogP contribution is 2.33. The monoisotopic (exact) mass is 386 g/mol. The van der Waals surface area contributed by atoms with Crippen LogP contribution in [0.3, 0.4) is 0 Å². The van der Waals surface area contributed by atoms with Gasteiger partial charge >= 0.3 is 0 Å².